The van der Waals surface area contributed by atoms with Gasteiger partial charge in [0.15, 0.2) is 0 Å². The lowest BCUT2D eigenvalue weighted by atomic mass is 9.47. The Labute approximate surface area is 123 Å². The van der Waals surface area contributed by atoms with Crippen LogP contribution in [0.5, 0.6) is 0 Å². The highest BCUT2D eigenvalue weighted by Crippen LogP contribution is 2.62. The predicted molar refractivity (Wildman–Crippen MR) is 82.9 cm³/mol. The van der Waals surface area contributed by atoms with E-state index in [1.54, 1.807) is 5.57 Å². The van der Waals surface area contributed by atoms with Gasteiger partial charge in [0.1, 0.15) is 0 Å². The third-order valence-corrected chi connectivity index (χ3v) is 6.81. The largest absolute Gasteiger partial charge is 0.271 e. The van der Waals surface area contributed by atoms with Gasteiger partial charge >= 0.3 is 0 Å². The van der Waals surface area contributed by atoms with Gasteiger partial charge in [-0.05, 0) is 87.4 Å². The van der Waals surface area contributed by atoms with Gasteiger partial charge in [-0.3, -0.25) is 11.3 Å². The Morgan fingerprint density at radius 1 is 1.00 bits per heavy atom. The Balaban J connectivity index is 1.62. The molecule has 20 heavy (non-hydrogen) atoms. The summed E-state index contributed by atoms with van der Waals surface area (Å²) < 4.78 is 0. The fourth-order valence-corrected chi connectivity index (χ4v) is 6.51. The van der Waals surface area contributed by atoms with Crippen molar-refractivity contribution in [2.24, 2.45) is 29.0 Å². The average molecular weight is 274 g/mol. The number of nitrogens with two attached hydrogens (primary N) is 1. The Morgan fingerprint density at radius 2 is 1.65 bits per heavy atom. The van der Waals surface area contributed by atoms with Crippen molar-refractivity contribution in [1.82, 2.24) is 5.43 Å². The Hall–Kier alpha value is -0.340. The molecule has 0 aliphatic heterocycles. The molecular formula is C18H30N2. The molecular weight excluding hydrogens is 244 g/mol. The number of hydrogen-bond acceptors (Lipinski definition) is 2. The second kappa shape index (κ2) is 5.14. The number of rotatable bonds is 3. The summed E-state index contributed by atoms with van der Waals surface area (Å²) in [4.78, 5) is 0. The van der Waals surface area contributed by atoms with Crippen LogP contribution in [-0.4, -0.2) is 6.04 Å². The minimum Gasteiger partial charge on any atom is -0.271 e. The van der Waals surface area contributed by atoms with Crippen molar-refractivity contribution in [2.45, 2.75) is 76.7 Å². The van der Waals surface area contributed by atoms with E-state index >= 15 is 0 Å². The van der Waals surface area contributed by atoms with Gasteiger partial charge in [0, 0.05) is 6.04 Å². The van der Waals surface area contributed by atoms with Crippen LogP contribution in [-0.2, 0) is 0 Å². The van der Waals surface area contributed by atoms with Crippen molar-refractivity contribution >= 4 is 0 Å². The molecule has 4 bridgehead atoms. The van der Waals surface area contributed by atoms with E-state index in [0.717, 1.165) is 17.8 Å². The predicted octanol–water partition coefficient (Wildman–Crippen LogP) is 3.93. The Kier molecular flexibility index (Phi) is 3.42. The highest BCUT2D eigenvalue weighted by Gasteiger charge is 2.54. The first-order chi connectivity index (χ1) is 9.79. The van der Waals surface area contributed by atoms with Crippen LogP contribution in [0.2, 0.25) is 0 Å². The number of hydrogen-bond donors (Lipinski definition) is 2. The fourth-order valence-electron chi connectivity index (χ4n) is 6.51. The molecule has 0 amide bonds. The third-order valence-electron chi connectivity index (χ3n) is 6.81. The molecule has 5 rings (SSSR count). The molecule has 2 heteroatoms. The Bertz CT molecular complexity index is 363. The zero-order chi connectivity index (χ0) is 13.6. The molecule has 4 fully saturated rings. The van der Waals surface area contributed by atoms with Crippen LogP contribution in [0.25, 0.3) is 0 Å². The molecule has 0 aromatic heterocycles. The van der Waals surface area contributed by atoms with E-state index in [1.165, 1.54) is 70.6 Å². The smallest absolute Gasteiger partial charge is 0.0476 e. The maximum absolute atomic E-state index is 6.09. The quantitative estimate of drug-likeness (QED) is 0.465. The topological polar surface area (TPSA) is 38.0 Å². The van der Waals surface area contributed by atoms with Crippen molar-refractivity contribution < 1.29 is 0 Å². The zero-order valence-corrected chi connectivity index (χ0v) is 12.7. The summed E-state index contributed by atoms with van der Waals surface area (Å²) in [5.41, 5.74) is 5.46. The molecule has 0 saturated heterocycles. The van der Waals surface area contributed by atoms with Gasteiger partial charge in [0.05, 0.1) is 0 Å². The van der Waals surface area contributed by atoms with Crippen molar-refractivity contribution in [3.63, 3.8) is 0 Å². The van der Waals surface area contributed by atoms with Gasteiger partial charge in [0.25, 0.3) is 0 Å². The maximum Gasteiger partial charge on any atom is 0.0476 e. The minimum absolute atomic E-state index is 0.481. The molecule has 4 saturated carbocycles. The zero-order valence-electron chi connectivity index (χ0n) is 12.7. The molecule has 0 aromatic carbocycles. The van der Waals surface area contributed by atoms with E-state index in [2.05, 4.69) is 11.5 Å². The van der Waals surface area contributed by atoms with Gasteiger partial charge in [0.2, 0.25) is 0 Å². The van der Waals surface area contributed by atoms with Crippen LogP contribution in [0.3, 0.4) is 0 Å². The monoisotopic (exact) mass is 274 g/mol. The SMILES string of the molecule is NNC(C1=CCCCCC1)C12CC3CC(CC(C3)C1)C2. The van der Waals surface area contributed by atoms with Gasteiger partial charge in [-0.1, -0.05) is 18.1 Å². The van der Waals surface area contributed by atoms with Crippen LogP contribution < -0.4 is 11.3 Å². The van der Waals surface area contributed by atoms with Crippen LogP contribution in [0, 0.1) is 23.2 Å². The Morgan fingerprint density at radius 3 is 2.25 bits per heavy atom. The van der Waals surface area contributed by atoms with Gasteiger partial charge in [-0.25, -0.2) is 0 Å². The second-order valence-electron chi connectivity index (χ2n) is 8.26. The van der Waals surface area contributed by atoms with E-state index in [-0.39, 0.29) is 0 Å². The molecule has 0 heterocycles. The molecule has 5 aliphatic carbocycles. The molecule has 0 radical (unpaired) electrons. The summed E-state index contributed by atoms with van der Waals surface area (Å²) in [6.45, 7) is 0. The average Bonchev–Trinajstić information content (AvgIpc) is 2.66. The maximum atomic E-state index is 6.09. The third kappa shape index (κ3) is 2.16. The summed E-state index contributed by atoms with van der Waals surface area (Å²) in [6, 6.07) is 0.481. The molecule has 1 atom stereocenters. The number of allylic oxidation sites excluding steroid dienone is 1. The van der Waals surface area contributed by atoms with Crippen molar-refractivity contribution in [3.8, 4) is 0 Å². The number of hydrazine groups is 1. The molecule has 1 unspecified atom stereocenters. The normalized spacial score (nSPS) is 45.0. The lowest BCUT2D eigenvalue weighted by Gasteiger charge is -2.59. The summed E-state index contributed by atoms with van der Waals surface area (Å²) in [6.07, 6.45) is 18.2. The highest BCUT2D eigenvalue weighted by molar-refractivity contribution is 5.20. The van der Waals surface area contributed by atoms with Gasteiger partial charge < -0.3 is 0 Å². The summed E-state index contributed by atoms with van der Waals surface area (Å²) in [7, 11) is 0. The van der Waals surface area contributed by atoms with Crippen LogP contribution in [0.4, 0.5) is 0 Å². The van der Waals surface area contributed by atoms with Crippen molar-refractivity contribution in [2.75, 3.05) is 0 Å². The summed E-state index contributed by atoms with van der Waals surface area (Å²) in [5.74, 6) is 9.14. The fraction of sp³-hybridized carbons (Fsp3) is 0.889. The summed E-state index contributed by atoms with van der Waals surface area (Å²) in [5, 5.41) is 0. The van der Waals surface area contributed by atoms with E-state index in [9.17, 15) is 0 Å². The van der Waals surface area contributed by atoms with E-state index < -0.39 is 0 Å². The lowest BCUT2D eigenvalue weighted by molar-refractivity contribution is -0.0675. The highest BCUT2D eigenvalue weighted by atomic mass is 15.2. The van der Waals surface area contributed by atoms with Crippen LogP contribution >= 0.6 is 0 Å². The van der Waals surface area contributed by atoms with Gasteiger partial charge in [-0.2, -0.15) is 0 Å². The van der Waals surface area contributed by atoms with E-state index in [0.29, 0.717) is 11.5 Å². The summed E-state index contributed by atoms with van der Waals surface area (Å²) >= 11 is 0. The van der Waals surface area contributed by atoms with Crippen LogP contribution in [0.15, 0.2) is 11.6 Å². The molecule has 0 spiro atoms. The molecule has 2 nitrogen and oxygen atoms in total. The first-order valence-corrected chi connectivity index (χ1v) is 8.94. The van der Waals surface area contributed by atoms with E-state index in [4.69, 9.17) is 5.84 Å². The number of nitrogens with one attached hydrogen (secondary N) is 1. The van der Waals surface area contributed by atoms with Crippen LogP contribution in [0.1, 0.15) is 70.6 Å². The molecule has 112 valence electrons. The molecule has 0 aromatic rings. The first kappa shape index (κ1) is 13.3. The molecule has 5 aliphatic rings. The van der Waals surface area contributed by atoms with Gasteiger partial charge in [-0.15, -0.1) is 0 Å². The lowest BCUT2D eigenvalue weighted by Crippen LogP contribution is -2.58. The molecule has 3 N–H and O–H groups in total. The van der Waals surface area contributed by atoms with E-state index in [1.807, 2.05) is 0 Å². The second-order valence-corrected chi connectivity index (χ2v) is 8.26. The van der Waals surface area contributed by atoms with Crippen molar-refractivity contribution in [3.05, 3.63) is 11.6 Å². The first-order valence-electron chi connectivity index (χ1n) is 8.94. The standard InChI is InChI=1S/C18H30N2/c19-20-17(16-5-3-1-2-4-6-16)18-10-13-7-14(11-18)9-15(8-13)12-18/h5,13-15,17,20H,1-4,6-12,19H2. The minimum atomic E-state index is 0.481. The van der Waals surface area contributed by atoms with Crippen molar-refractivity contribution in [1.29, 1.82) is 0 Å².